The molecule has 1 heteroatoms. The van der Waals surface area contributed by atoms with Gasteiger partial charge in [-0.3, -0.25) is 0 Å². The molecule has 1 aliphatic carbocycles. The van der Waals surface area contributed by atoms with Crippen LogP contribution in [-0.2, 0) is 6.42 Å². The normalized spacial score (nSPS) is 16.5. The number of phenols is 1. The van der Waals surface area contributed by atoms with Crippen molar-refractivity contribution in [2.75, 3.05) is 0 Å². The van der Waals surface area contributed by atoms with Crippen LogP contribution in [0.4, 0.5) is 0 Å². The van der Waals surface area contributed by atoms with Crippen LogP contribution in [0.25, 0.3) is 6.08 Å². The monoisotopic (exact) mass is 292 g/mol. The van der Waals surface area contributed by atoms with Crippen molar-refractivity contribution >= 4 is 6.08 Å². The fourth-order valence-corrected chi connectivity index (χ4v) is 3.47. The summed E-state index contributed by atoms with van der Waals surface area (Å²) < 4.78 is 0. The molecule has 1 unspecified atom stereocenters. The van der Waals surface area contributed by atoms with Crippen LogP contribution in [0.5, 0.6) is 5.75 Å². The molecular formula is C21H24O. The molecule has 0 heterocycles. The second-order valence-corrected chi connectivity index (χ2v) is 6.09. The molecular weight excluding hydrogens is 268 g/mol. The first kappa shape index (κ1) is 14.9. The fourth-order valence-electron chi connectivity index (χ4n) is 3.47. The Morgan fingerprint density at radius 1 is 0.955 bits per heavy atom. The highest BCUT2D eigenvalue weighted by Gasteiger charge is 2.27. The van der Waals surface area contributed by atoms with Gasteiger partial charge in [0.15, 0.2) is 0 Å². The van der Waals surface area contributed by atoms with Crippen molar-refractivity contribution in [1.29, 1.82) is 0 Å². The van der Waals surface area contributed by atoms with Crippen molar-refractivity contribution in [3.05, 3.63) is 70.3 Å². The van der Waals surface area contributed by atoms with Crippen molar-refractivity contribution < 1.29 is 5.11 Å². The highest BCUT2D eigenvalue weighted by Crippen LogP contribution is 2.45. The first-order valence-corrected chi connectivity index (χ1v) is 8.36. The summed E-state index contributed by atoms with van der Waals surface area (Å²) in [4.78, 5) is 0. The highest BCUT2D eigenvalue weighted by atomic mass is 16.3. The smallest absolute Gasteiger partial charge is 0.122 e. The molecule has 0 fully saturated rings. The lowest BCUT2D eigenvalue weighted by Crippen LogP contribution is -2.03. The van der Waals surface area contributed by atoms with Gasteiger partial charge in [0, 0.05) is 11.5 Å². The summed E-state index contributed by atoms with van der Waals surface area (Å²) >= 11 is 0. The minimum Gasteiger partial charge on any atom is -0.507 e. The molecule has 1 atom stereocenters. The van der Waals surface area contributed by atoms with Crippen molar-refractivity contribution in [2.45, 2.75) is 45.4 Å². The average Bonchev–Trinajstić information content (AvgIpc) is 2.92. The lowest BCUT2D eigenvalue weighted by Gasteiger charge is -2.19. The Balaban J connectivity index is 2.05. The van der Waals surface area contributed by atoms with Gasteiger partial charge in [0.25, 0.3) is 0 Å². The first-order chi connectivity index (χ1) is 10.8. The van der Waals surface area contributed by atoms with Crippen LogP contribution in [0.3, 0.4) is 0 Å². The Kier molecular flexibility index (Phi) is 4.33. The number of rotatable bonds is 5. The number of fused-ring (bicyclic) bond motifs is 1. The van der Waals surface area contributed by atoms with Gasteiger partial charge in [-0.2, -0.15) is 0 Å². The molecule has 0 saturated carbocycles. The Hall–Kier alpha value is -2.02. The number of allylic oxidation sites excluding steroid dienone is 1. The lowest BCUT2D eigenvalue weighted by molar-refractivity contribution is 0.458. The second kappa shape index (κ2) is 6.39. The van der Waals surface area contributed by atoms with Crippen LogP contribution in [0, 0.1) is 0 Å². The number of unbranched alkanes of at least 4 members (excludes halogenated alkanes) is 1. The summed E-state index contributed by atoms with van der Waals surface area (Å²) in [5, 5.41) is 10.8. The van der Waals surface area contributed by atoms with E-state index in [9.17, 15) is 5.11 Å². The molecule has 1 N–H and O–H groups in total. The van der Waals surface area contributed by atoms with Crippen LogP contribution in [-0.4, -0.2) is 5.11 Å². The Bertz CT molecular complexity index is 697. The molecule has 0 amide bonds. The molecule has 0 bridgehead atoms. The minimum atomic E-state index is 0.211. The Morgan fingerprint density at radius 3 is 2.50 bits per heavy atom. The molecule has 3 rings (SSSR count). The largest absolute Gasteiger partial charge is 0.507 e. The third-order valence-electron chi connectivity index (χ3n) is 4.69. The maximum Gasteiger partial charge on any atom is 0.122 e. The van der Waals surface area contributed by atoms with Crippen molar-refractivity contribution in [3.8, 4) is 5.75 Å². The van der Waals surface area contributed by atoms with Gasteiger partial charge in [-0.1, -0.05) is 74.4 Å². The quantitative estimate of drug-likeness (QED) is 0.752. The molecule has 1 aliphatic rings. The van der Waals surface area contributed by atoms with E-state index in [-0.39, 0.29) is 5.92 Å². The number of para-hydroxylation sites is 1. The molecule has 114 valence electrons. The molecule has 0 spiro atoms. The van der Waals surface area contributed by atoms with E-state index in [0.717, 1.165) is 36.8 Å². The topological polar surface area (TPSA) is 20.2 Å². The van der Waals surface area contributed by atoms with Gasteiger partial charge in [0.05, 0.1) is 0 Å². The van der Waals surface area contributed by atoms with E-state index in [0.29, 0.717) is 5.75 Å². The lowest BCUT2D eigenvalue weighted by atomic mass is 9.85. The van der Waals surface area contributed by atoms with Gasteiger partial charge >= 0.3 is 0 Å². The molecule has 2 aromatic carbocycles. The van der Waals surface area contributed by atoms with Crippen molar-refractivity contribution in [1.82, 2.24) is 0 Å². The maximum atomic E-state index is 10.8. The number of aryl methyl sites for hydroxylation is 1. The molecule has 0 aromatic heterocycles. The van der Waals surface area contributed by atoms with E-state index < -0.39 is 0 Å². The SMILES string of the molecule is CCCCc1cccc(C2C(CC)=Cc3ccccc32)c1O. The second-order valence-electron chi connectivity index (χ2n) is 6.09. The molecule has 0 aliphatic heterocycles. The zero-order chi connectivity index (χ0) is 15.5. The van der Waals surface area contributed by atoms with Crippen LogP contribution in [0.2, 0.25) is 0 Å². The standard InChI is InChI=1S/C21H24O/c1-3-5-9-16-11-8-13-19(21(16)22)20-15(4-2)14-17-10-6-7-12-18(17)20/h6-8,10-14,20,22H,3-5,9H2,1-2H3. The number of benzene rings is 2. The molecule has 0 radical (unpaired) electrons. The van der Waals surface area contributed by atoms with Crippen molar-refractivity contribution in [2.24, 2.45) is 0 Å². The summed E-state index contributed by atoms with van der Waals surface area (Å²) in [6.07, 6.45) is 6.52. The predicted molar refractivity (Wildman–Crippen MR) is 93.3 cm³/mol. The van der Waals surface area contributed by atoms with Gasteiger partial charge in [-0.25, -0.2) is 0 Å². The van der Waals surface area contributed by atoms with E-state index in [1.165, 1.54) is 16.7 Å². The predicted octanol–water partition coefficient (Wildman–Crippen LogP) is 5.67. The number of hydrogen-bond acceptors (Lipinski definition) is 1. The van der Waals surface area contributed by atoms with E-state index in [1.54, 1.807) is 0 Å². The van der Waals surface area contributed by atoms with E-state index in [4.69, 9.17) is 0 Å². The third-order valence-corrected chi connectivity index (χ3v) is 4.69. The van der Waals surface area contributed by atoms with Crippen LogP contribution < -0.4 is 0 Å². The van der Waals surface area contributed by atoms with Gasteiger partial charge in [-0.05, 0) is 36.0 Å². The number of phenolic OH excluding ortho intramolecular Hbond substituents is 1. The zero-order valence-electron chi connectivity index (χ0n) is 13.5. The average molecular weight is 292 g/mol. The Labute approximate surface area is 133 Å². The molecule has 22 heavy (non-hydrogen) atoms. The van der Waals surface area contributed by atoms with Crippen LogP contribution in [0.1, 0.15) is 61.3 Å². The van der Waals surface area contributed by atoms with Gasteiger partial charge in [-0.15, -0.1) is 0 Å². The summed E-state index contributed by atoms with van der Waals surface area (Å²) in [5.74, 6) is 0.708. The van der Waals surface area contributed by atoms with Gasteiger partial charge < -0.3 is 5.11 Å². The van der Waals surface area contributed by atoms with Crippen LogP contribution >= 0.6 is 0 Å². The summed E-state index contributed by atoms with van der Waals surface area (Å²) in [6, 6.07) is 14.8. The van der Waals surface area contributed by atoms with E-state index in [2.05, 4.69) is 62.4 Å². The van der Waals surface area contributed by atoms with E-state index >= 15 is 0 Å². The van der Waals surface area contributed by atoms with E-state index in [1.807, 2.05) is 0 Å². The minimum absolute atomic E-state index is 0.211. The molecule has 2 aromatic rings. The molecule has 1 nitrogen and oxygen atoms in total. The summed E-state index contributed by atoms with van der Waals surface area (Å²) in [6.45, 7) is 4.38. The van der Waals surface area contributed by atoms with Gasteiger partial charge in [0.1, 0.15) is 5.75 Å². The first-order valence-electron chi connectivity index (χ1n) is 8.36. The van der Waals surface area contributed by atoms with Crippen LogP contribution in [0.15, 0.2) is 48.0 Å². The van der Waals surface area contributed by atoms with Crippen molar-refractivity contribution in [3.63, 3.8) is 0 Å². The number of aromatic hydroxyl groups is 1. The highest BCUT2D eigenvalue weighted by molar-refractivity contribution is 5.70. The number of hydrogen-bond donors (Lipinski definition) is 1. The zero-order valence-corrected chi connectivity index (χ0v) is 13.5. The summed E-state index contributed by atoms with van der Waals surface area (Å²) in [7, 11) is 0. The summed E-state index contributed by atoms with van der Waals surface area (Å²) in [5.41, 5.74) is 6.15. The fraction of sp³-hybridized carbons (Fsp3) is 0.333. The molecule has 0 saturated heterocycles. The Morgan fingerprint density at radius 2 is 1.73 bits per heavy atom. The maximum absolute atomic E-state index is 10.8. The third kappa shape index (κ3) is 2.56. The van der Waals surface area contributed by atoms with Gasteiger partial charge in [0.2, 0.25) is 0 Å².